The smallest absolute Gasteiger partial charge is 0.257 e. The molecule has 0 atom stereocenters. The van der Waals surface area contributed by atoms with Crippen LogP contribution in [0.2, 0.25) is 0 Å². The number of anilines is 2. The van der Waals surface area contributed by atoms with Crippen molar-refractivity contribution in [3.05, 3.63) is 106 Å². The predicted molar refractivity (Wildman–Crippen MR) is 126 cm³/mol. The van der Waals surface area contributed by atoms with E-state index >= 15 is 0 Å². The van der Waals surface area contributed by atoms with Crippen molar-refractivity contribution in [3.63, 3.8) is 0 Å². The van der Waals surface area contributed by atoms with Gasteiger partial charge in [-0.2, -0.15) is 0 Å². The lowest BCUT2D eigenvalue weighted by molar-refractivity contribution is 0.102. The summed E-state index contributed by atoms with van der Waals surface area (Å²) in [6.45, 7) is 2.29. The number of hydrogen-bond acceptors (Lipinski definition) is 5. The lowest BCUT2D eigenvalue weighted by Gasteiger charge is -2.12. The summed E-state index contributed by atoms with van der Waals surface area (Å²) in [5, 5.41) is 7.62. The molecule has 0 bridgehead atoms. The van der Waals surface area contributed by atoms with Gasteiger partial charge in [-0.25, -0.2) is 4.98 Å². The van der Waals surface area contributed by atoms with Gasteiger partial charge >= 0.3 is 0 Å². The van der Waals surface area contributed by atoms with Crippen molar-refractivity contribution in [2.75, 3.05) is 10.6 Å². The zero-order valence-electron chi connectivity index (χ0n) is 17.4. The summed E-state index contributed by atoms with van der Waals surface area (Å²) < 4.78 is 5.73. The van der Waals surface area contributed by atoms with Crippen molar-refractivity contribution in [1.29, 1.82) is 0 Å². The third-order valence-corrected chi connectivity index (χ3v) is 5.30. The number of aryl methyl sites for hydroxylation is 1. The molecule has 2 N–H and O–H groups in total. The molecule has 1 heterocycles. The average molecular weight is 444 g/mol. The third kappa shape index (κ3) is 5.39. The van der Waals surface area contributed by atoms with Crippen molar-refractivity contribution < 1.29 is 14.3 Å². The number of benzene rings is 3. The van der Waals surface area contributed by atoms with Gasteiger partial charge in [0.1, 0.15) is 12.4 Å². The quantitative estimate of drug-likeness (QED) is 0.393. The highest BCUT2D eigenvalue weighted by molar-refractivity contribution is 7.07. The Morgan fingerprint density at radius 3 is 2.59 bits per heavy atom. The standard InChI is InChI=1S/C25H21N3O3S/c1-17-6-4-8-19(12-17)27-25(30)22-10-2-3-11-23(22)28-24(29)18-7-5-9-21(13-18)31-14-20-15-32-16-26-20/h2-13,15-16H,14H2,1H3,(H,27,30)(H,28,29). The fourth-order valence-electron chi connectivity index (χ4n) is 3.10. The number of hydrogen-bond donors (Lipinski definition) is 2. The van der Waals surface area contributed by atoms with E-state index in [2.05, 4.69) is 15.6 Å². The van der Waals surface area contributed by atoms with Crippen molar-refractivity contribution in [3.8, 4) is 5.75 Å². The molecular weight excluding hydrogens is 422 g/mol. The van der Waals surface area contributed by atoms with E-state index in [1.807, 2.05) is 36.6 Å². The lowest BCUT2D eigenvalue weighted by atomic mass is 10.1. The Balaban J connectivity index is 1.47. The number of thiazole rings is 1. The molecule has 0 radical (unpaired) electrons. The Bertz CT molecular complexity index is 1240. The van der Waals surface area contributed by atoms with Gasteiger partial charge in [0, 0.05) is 16.6 Å². The highest BCUT2D eigenvalue weighted by atomic mass is 32.1. The molecule has 4 rings (SSSR count). The zero-order chi connectivity index (χ0) is 22.3. The Morgan fingerprint density at radius 1 is 0.938 bits per heavy atom. The van der Waals surface area contributed by atoms with Gasteiger partial charge in [0.25, 0.3) is 11.8 Å². The molecule has 0 aliphatic heterocycles. The van der Waals surface area contributed by atoms with Crippen LogP contribution >= 0.6 is 11.3 Å². The van der Waals surface area contributed by atoms with Gasteiger partial charge in [-0.3, -0.25) is 9.59 Å². The van der Waals surface area contributed by atoms with Crippen molar-refractivity contribution in [1.82, 2.24) is 4.98 Å². The second-order valence-corrected chi connectivity index (χ2v) is 7.84. The SMILES string of the molecule is Cc1cccc(NC(=O)c2ccccc2NC(=O)c2cccc(OCc3cscn3)c2)c1. The molecule has 0 fully saturated rings. The summed E-state index contributed by atoms with van der Waals surface area (Å²) in [4.78, 5) is 29.9. The van der Waals surface area contributed by atoms with Crippen LogP contribution in [0.5, 0.6) is 5.75 Å². The fourth-order valence-corrected chi connectivity index (χ4v) is 3.64. The van der Waals surface area contributed by atoms with E-state index in [1.165, 1.54) is 11.3 Å². The molecule has 0 aliphatic carbocycles. The molecular formula is C25H21N3O3S. The highest BCUT2D eigenvalue weighted by Gasteiger charge is 2.15. The van der Waals surface area contributed by atoms with Crippen LogP contribution in [0.25, 0.3) is 0 Å². The first-order chi connectivity index (χ1) is 15.6. The number of rotatable bonds is 7. The Kier molecular flexibility index (Phi) is 6.57. The first-order valence-corrected chi connectivity index (χ1v) is 10.9. The summed E-state index contributed by atoms with van der Waals surface area (Å²) in [6.07, 6.45) is 0. The number of ether oxygens (including phenoxy) is 1. The summed E-state index contributed by atoms with van der Waals surface area (Å²) in [7, 11) is 0. The molecule has 4 aromatic rings. The van der Waals surface area contributed by atoms with Crippen LogP contribution in [0.15, 0.2) is 83.7 Å². The summed E-state index contributed by atoms with van der Waals surface area (Å²) in [5.74, 6) is -0.0668. The number of nitrogens with zero attached hydrogens (tertiary/aromatic N) is 1. The summed E-state index contributed by atoms with van der Waals surface area (Å²) in [6, 6.07) is 21.3. The van der Waals surface area contributed by atoms with Gasteiger partial charge in [-0.1, -0.05) is 30.3 Å². The molecule has 0 spiro atoms. The molecule has 0 unspecified atom stereocenters. The predicted octanol–water partition coefficient (Wildman–Crippen LogP) is 5.54. The minimum atomic E-state index is -0.333. The third-order valence-electron chi connectivity index (χ3n) is 4.66. The molecule has 32 heavy (non-hydrogen) atoms. The zero-order valence-corrected chi connectivity index (χ0v) is 18.2. The summed E-state index contributed by atoms with van der Waals surface area (Å²) in [5.41, 5.74) is 5.54. The number of carbonyl (C=O) groups is 2. The summed E-state index contributed by atoms with van der Waals surface area (Å²) >= 11 is 1.50. The molecule has 0 aliphatic rings. The number of amides is 2. The monoisotopic (exact) mass is 443 g/mol. The van der Waals surface area contributed by atoms with Crippen molar-refractivity contribution in [2.45, 2.75) is 13.5 Å². The van der Waals surface area contributed by atoms with E-state index < -0.39 is 0 Å². The Hall–Kier alpha value is -3.97. The maximum Gasteiger partial charge on any atom is 0.257 e. The number of carbonyl (C=O) groups excluding carboxylic acids is 2. The van der Waals surface area contributed by atoms with Gasteiger partial charge in [0.05, 0.1) is 22.5 Å². The van der Waals surface area contributed by atoms with E-state index in [4.69, 9.17) is 4.74 Å². The second-order valence-electron chi connectivity index (χ2n) is 7.12. The number of para-hydroxylation sites is 1. The Labute approximate surface area is 189 Å². The molecule has 6 nitrogen and oxygen atoms in total. The first-order valence-electron chi connectivity index (χ1n) is 9.97. The van der Waals surface area contributed by atoms with Gasteiger partial charge < -0.3 is 15.4 Å². The van der Waals surface area contributed by atoms with E-state index in [0.29, 0.717) is 34.9 Å². The molecule has 2 amide bonds. The molecule has 0 saturated carbocycles. The molecule has 1 aromatic heterocycles. The topological polar surface area (TPSA) is 80.3 Å². The van der Waals surface area contributed by atoms with Crippen LogP contribution in [-0.4, -0.2) is 16.8 Å². The van der Waals surface area contributed by atoms with E-state index in [-0.39, 0.29) is 11.8 Å². The first kappa shape index (κ1) is 21.3. The molecule has 3 aromatic carbocycles. The maximum absolute atomic E-state index is 12.9. The Morgan fingerprint density at radius 2 is 1.78 bits per heavy atom. The van der Waals surface area contributed by atoms with Crippen LogP contribution in [0.3, 0.4) is 0 Å². The van der Waals surface area contributed by atoms with Crippen LogP contribution in [-0.2, 0) is 6.61 Å². The lowest BCUT2D eigenvalue weighted by Crippen LogP contribution is -2.18. The molecule has 160 valence electrons. The second kappa shape index (κ2) is 9.89. The van der Waals surface area contributed by atoms with Crippen LogP contribution in [0.4, 0.5) is 11.4 Å². The average Bonchev–Trinajstić information content (AvgIpc) is 3.32. The largest absolute Gasteiger partial charge is 0.487 e. The van der Waals surface area contributed by atoms with Gasteiger partial charge in [0.15, 0.2) is 0 Å². The van der Waals surface area contributed by atoms with Crippen molar-refractivity contribution in [2.24, 2.45) is 0 Å². The van der Waals surface area contributed by atoms with Crippen LogP contribution in [0, 0.1) is 6.92 Å². The fraction of sp³-hybridized carbons (Fsp3) is 0.0800. The van der Waals surface area contributed by atoms with E-state index in [9.17, 15) is 9.59 Å². The minimum absolute atomic E-state index is 0.299. The van der Waals surface area contributed by atoms with Gasteiger partial charge in [-0.05, 0) is 55.0 Å². The van der Waals surface area contributed by atoms with Gasteiger partial charge in [0.2, 0.25) is 0 Å². The van der Waals surface area contributed by atoms with E-state index in [1.54, 1.807) is 54.0 Å². The number of aromatic nitrogens is 1. The normalized spacial score (nSPS) is 10.4. The van der Waals surface area contributed by atoms with Crippen LogP contribution < -0.4 is 15.4 Å². The molecule has 7 heteroatoms. The van der Waals surface area contributed by atoms with E-state index in [0.717, 1.165) is 11.3 Å². The van der Waals surface area contributed by atoms with Crippen LogP contribution in [0.1, 0.15) is 32.0 Å². The molecule has 0 saturated heterocycles. The highest BCUT2D eigenvalue weighted by Crippen LogP contribution is 2.21. The number of nitrogens with one attached hydrogen (secondary N) is 2. The van der Waals surface area contributed by atoms with Crippen molar-refractivity contribution >= 4 is 34.5 Å². The minimum Gasteiger partial charge on any atom is -0.487 e. The maximum atomic E-state index is 12.9. The van der Waals surface area contributed by atoms with Gasteiger partial charge in [-0.15, -0.1) is 11.3 Å².